The number of guanidine groups is 1. The molecule has 0 bridgehead atoms. The number of hydrogen-bond donors (Lipinski definition) is 2. The van der Waals surface area contributed by atoms with Crippen molar-refractivity contribution in [2.24, 2.45) is 10.7 Å². The van der Waals surface area contributed by atoms with Crippen LogP contribution in [0.3, 0.4) is 0 Å². The quantitative estimate of drug-likeness (QED) is 0.648. The van der Waals surface area contributed by atoms with E-state index in [4.69, 9.17) is 10.5 Å². The van der Waals surface area contributed by atoms with E-state index in [9.17, 15) is 4.79 Å². The third-order valence-corrected chi connectivity index (χ3v) is 3.38. The first-order chi connectivity index (χ1) is 7.00. The van der Waals surface area contributed by atoms with Gasteiger partial charge in [0.15, 0.2) is 5.96 Å². The minimum Gasteiger partial charge on any atom is -0.375 e. The average molecular weight is 211 g/mol. The van der Waals surface area contributed by atoms with Gasteiger partial charge in [-0.3, -0.25) is 10.1 Å². The molecule has 1 spiro atoms. The maximum atomic E-state index is 11.8. The molecule has 2 aliphatic heterocycles. The number of carbonyl (C=O) groups excluding carboxylic acids is 1. The summed E-state index contributed by atoms with van der Waals surface area (Å²) in [6.45, 7) is 4.64. The molecule has 2 unspecified atom stereocenters. The van der Waals surface area contributed by atoms with Crippen LogP contribution in [0.25, 0.3) is 0 Å². The Bertz CT molecular complexity index is 329. The highest BCUT2D eigenvalue weighted by atomic mass is 16.5. The molecule has 5 heteroatoms. The predicted molar refractivity (Wildman–Crippen MR) is 56.4 cm³/mol. The highest BCUT2D eigenvalue weighted by molar-refractivity contribution is 6.06. The van der Waals surface area contributed by atoms with Crippen LogP contribution in [0.5, 0.6) is 0 Å². The van der Waals surface area contributed by atoms with Gasteiger partial charge < -0.3 is 10.5 Å². The largest absolute Gasteiger partial charge is 0.375 e. The second-order valence-electron chi connectivity index (χ2n) is 4.56. The maximum absolute atomic E-state index is 11.8. The van der Waals surface area contributed by atoms with Gasteiger partial charge in [0.2, 0.25) is 0 Å². The lowest BCUT2D eigenvalue weighted by Crippen LogP contribution is -2.51. The second-order valence-corrected chi connectivity index (χ2v) is 4.56. The van der Waals surface area contributed by atoms with Gasteiger partial charge in [-0.1, -0.05) is 6.92 Å². The molecule has 3 N–H and O–H groups in total. The molecule has 1 fully saturated rings. The number of rotatable bonds is 1. The van der Waals surface area contributed by atoms with Gasteiger partial charge in [0.25, 0.3) is 5.91 Å². The molecule has 0 aliphatic carbocycles. The van der Waals surface area contributed by atoms with Crippen molar-refractivity contribution in [3.63, 3.8) is 0 Å². The van der Waals surface area contributed by atoms with Crippen molar-refractivity contribution in [2.75, 3.05) is 6.61 Å². The first-order valence-electron chi connectivity index (χ1n) is 5.30. The van der Waals surface area contributed by atoms with E-state index in [-0.39, 0.29) is 17.5 Å². The summed E-state index contributed by atoms with van der Waals surface area (Å²) in [5.41, 5.74) is 4.60. The smallest absolute Gasteiger partial charge is 0.254 e. The highest BCUT2D eigenvalue weighted by Crippen LogP contribution is 2.38. The van der Waals surface area contributed by atoms with Crippen LogP contribution in [0.4, 0.5) is 0 Å². The number of hydrogen-bond acceptors (Lipinski definition) is 4. The zero-order valence-electron chi connectivity index (χ0n) is 9.17. The minimum absolute atomic E-state index is 0.0806. The van der Waals surface area contributed by atoms with E-state index < -0.39 is 5.54 Å². The summed E-state index contributed by atoms with van der Waals surface area (Å²) in [5.74, 6) is 0.156. The lowest BCUT2D eigenvalue weighted by molar-refractivity contribution is -0.137. The van der Waals surface area contributed by atoms with Gasteiger partial charge in [0.05, 0.1) is 12.2 Å². The Morgan fingerprint density at radius 2 is 2.40 bits per heavy atom. The lowest BCUT2D eigenvalue weighted by Gasteiger charge is -2.40. The number of nitrogens with one attached hydrogen (secondary N) is 1. The van der Waals surface area contributed by atoms with E-state index >= 15 is 0 Å². The van der Waals surface area contributed by atoms with Gasteiger partial charge in [-0.25, -0.2) is 4.99 Å². The van der Waals surface area contributed by atoms with Crippen LogP contribution in [0.2, 0.25) is 0 Å². The third kappa shape index (κ3) is 1.61. The summed E-state index contributed by atoms with van der Waals surface area (Å²) in [6.07, 6.45) is 2.11. The van der Waals surface area contributed by atoms with Crippen LogP contribution >= 0.6 is 0 Å². The van der Waals surface area contributed by atoms with Crippen molar-refractivity contribution < 1.29 is 9.53 Å². The molecule has 5 nitrogen and oxygen atoms in total. The molecule has 0 aromatic carbocycles. The standard InChI is InChI=1S/C10H17N3O2/c1-3-9(2)6-10(4-5-15-9)7(14)12-8(11)13-10/h3-6H2,1-2H3,(H3,11,12,13,14). The van der Waals surface area contributed by atoms with Gasteiger partial charge in [0, 0.05) is 12.8 Å². The Kier molecular flexibility index (Phi) is 2.22. The Morgan fingerprint density at radius 3 is 2.93 bits per heavy atom. The lowest BCUT2D eigenvalue weighted by atomic mass is 9.79. The van der Waals surface area contributed by atoms with Crippen molar-refractivity contribution in [3.05, 3.63) is 0 Å². The molecule has 0 saturated carbocycles. The van der Waals surface area contributed by atoms with Gasteiger partial charge in [0.1, 0.15) is 5.54 Å². The maximum Gasteiger partial charge on any atom is 0.254 e. The first kappa shape index (κ1) is 10.4. The highest BCUT2D eigenvalue weighted by Gasteiger charge is 2.50. The number of aliphatic imine (C=N–C) groups is 1. The Balaban J connectivity index is 2.26. The van der Waals surface area contributed by atoms with Crippen LogP contribution < -0.4 is 11.1 Å². The monoisotopic (exact) mass is 211 g/mol. The van der Waals surface area contributed by atoms with Crippen LogP contribution in [-0.2, 0) is 9.53 Å². The summed E-state index contributed by atoms with van der Waals surface area (Å²) in [7, 11) is 0. The Labute approximate surface area is 89.1 Å². The Morgan fingerprint density at radius 1 is 1.67 bits per heavy atom. The van der Waals surface area contributed by atoms with E-state index in [1.54, 1.807) is 0 Å². The van der Waals surface area contributed by atoms with Crippen LogP contribution in [0.1, 0.15) is 33.1 Å². The molecule has 0 radical (unpaired) electrons. The summed E-state index contributed by atoms with van der Waals surface area (Å²) < 4.78 is 5.69. The van der Waals surface area contributed by atoms with Crippen molar-refractivity contribution in [3.8, 4) is 0 Å². The molecule has 2 atom stereocenters. The predicted octanol–water partition coefficient (Wildman–Crippen LogP) is 0.149. The fraction of sp³-hybridized carbons (Fsp3) is 0.800. The van der Waals surface area contributed by atoms with Gasteiger partial charge in [-0.2, -0.15) is 0 Å². The van der Waals surface area contributed by atoms with Crippen LogP contribution in [0, 0.1) is 0 Å². The van der Waals surface area contributed by atoms with Gasteiger partial charge in [-0.15, -0.1) is 0 Å². The van der Waals surface area contributed by atoms with Crippen LogP contribution in [-0.4, -0.2) is 29.6 Å². The average Bonchev–Trinajstić information content (AvgIpc) is 2.41. The summed E-state index contributed by atoms with van der Waals surface area (Å²) in [6, 6.07) is 0. The number of ether oxygens (including phenoxy) is 1. The topological polar surface area (TPSA) is 76.7 Å². The molecule has 2 rings (SSSR count). The van der Waals surface area contributed by atoms with Crippen molar-refractivity contribution >= 4 is 11.9 Å². The number of amides is 1. The van der Waals surface area contributed by atoms with Gasteiger partial charge in [-0.05, 0) is 13.3 Å². The van der Waals surface area contributed by atoms with Gasteiger partial charge >= 0.3 is 0 Å². The molecule has 84 valence electrons. The second kappa shape index (κ2) is 3.20. The van der Waals surface area contributed by atoms with E-state index in [0.29, 0.717) is 19.4 Å². The minimum atomic E-state index is -0.674. The normalized spacial score (nSPS) is 40.4. The number of nitrogens with zero attached hydrogens (tertiary/aromatic N) is 1. The van der Waals surface area contributed by atoms with Crippen molar-refractivity contribution in [1.29, 1.82) is 0 Å². The third-order valence-electron chi connectivity index (χ3n) is 3.38. The summed E-state index contributed by atoms with van der Waals surface area (Å²) in [5, 5.41) is 2.57. The molecule has 2 heterocycles. The summed E-state index contributed by atoms with van der Waals surface area (Å²) in [4.78, 5) is 16.1. The van der Waals surface area contributed by atoms with E-state index in [1.165, 1.54) is 0 Å². The Hall–Kier alpha value is -1.10. The number of carbonyl (C=O) groups is 1. The fourth-order valence-corrected chi connectivity index (χ4v) is 2.28. The first-order valence-corrected chi connectivity index (χ1v) is 5.30. The molecular weight excluding hydrogens is 194 g/mol. The molecule has 15 heavy (non-hydrogen) atoms. The fourth-order valence-electron chi connectivity index (χ4n) is 2.28. The zero-order chi connectivity index (χ0) is 11.1. The molecule has 2 aliphatic rings. The number of nitrogens with two attached hydrogens (primary N) is 1. The van der Waals surface area contributed by atoms with E-state index in [1.807, 2.05) is 6.92 Å². The molecule has 0 aromatic heterocycles. The van der Waals surface area contributed by atoms with Crippen molar-refractivity contribution in [2.45, 2.75) is 44.2 Å². The SMILES string of the molecule is CCC1(C)CC2(CCO1)N=C(N)NC2=O. The molecule has 1 amide bonds. The molecule has 1 saturated heterocycles. The summed E-state index contributed by atoms with van der Waals surface area (Å²) >= 11 is 0. The van der Waals surface area contributed by atoms with E-state index in [2.05, 4.69) is 17.2 Å². The van der Waals surface area contributed by atoms with Crippen molar-refractivity contribution in [1.82, 2.24) is 5.32 Å². The zero-order valence-corrected chi connectivity index (χ0v) is 9.17. The molecular formula is C10H17N3O2. The van der Waals surface area contributed by atoms with Crippen LogP contribution in [0.15, 0.2) is 4.99 Å². The molecule has 0 aromatic rings. The van der Waals surface area contributed by atoms with E-state index in [0.717, 1.165) is 6.42 Å².